The van der Waals surface area contributed by atoms with Crippen molar-refractivity contribution < 1.29 is 10.2 Å². The maximum Gasteiger partial charge on any atom is 0.203 e. The molecule has 0 radical (unpaired) electrons. The highest BCUT2D eigenvalue weighted by Crippen LogP contribution is 2.33. The SMILES string of the molecule is Cc1ccc(-n2c(O)cc(CCl)c2O)c(C)c1. The van der Waals surface area contributed by atoms with Crippen LogP contribution in [-0.2, 0) is 5.88 Å². The van der Waals surface area contributed by atoms with Gasteiger partial charge in [0.15, 0.2) is 5.88 Å². The zero-order chi connectivity index (χ0) is 12.6. The zero-order valence-corrected chi connectivity index (χ0v) is 10.5. The molecule has 2 aromatic rings. The van der Waals surface area contributed by atoms with Crippen molar-refractivity contribution in [2.75, 3.05) is 0 Å². The average molecular weight is 252 g/mol. The van der Waals surface area contributed by atoms with Gasteiger partial charge in [0, 0.05) is 11.6 Å². The summed E-state index contributed by atoms with van der Waals surface area (Å²) in [7, 11) is 0. The van der Waals surface area contributed by atoms with E-state index in [4.69, 9.17) is 11.6 Å². The van der Waals surface area contributed by atoms with Gasteiger partial charge in [0.2, 0.25) is 5.88 Å². The van der Waals surface area contributed by atoms with Crippen molar-refractivity contribution in [3.05, 3.63) is 41.0 Å². The van der Waals surface area contributed by atoms with Crippen LogP contribution >= 0.6 is 11.6 Å². The fourth-order valence-corrected chi connectivity index (χ4v) is 2.13. The Morgan fingerprint density at radius 3 is 2.41 bits per heavy atom. The standard InChI is InChI=1S/C13H14ClNO2/c1-8-3-4-11(9(2)5-8)15-12(16)6-10(7-14)13(15)17/h3-6,16-17H,7H2,1-2H3. The number of hydrogen-bond acceptors (Lipinski definition) is 2. The summed E-state index contributed by atoms with van der Waals surface area (Å²) < 4.78 is 1.40. The predicted octanol–water partition coefficient (Wildman–Crippen LogP) is 3.24. The first kappa shape index (κ1) is 11.9. The lowest BCUT2D eigenvalue weighted by Gasteiger charge is -2.11. The molecule has 17 heavy (non-hydrogen) atoms. The largest absolute Gasteiger partial charge is 0.494 e. The van der Waals surface area contributed by atoms with Crippen LogP contribution in [0, 0.1) is 13.8 Å². The maximum atomic E-state index is 9.98. The quantitative estimate of drug-likeness (QED) is 0.805. The third-order valence-electron chi connectivity index (χ3n) is 2.77. The van der Waals surface area contributed by atoms with Gasteiger partial charge < -0.3 is 10.2 Å². The van der Waals surface area contributed by atoms with Crippen molar-refractivity contribution >= 4 is 11.6 Å². The molecule has 0 aliphatic rings. The van der Waals surface area contributed by atoms with Crippen LogP contribution in [0.3, 0.4) is 0 Å². The van der Waals surface area contributed by atoms with E-state index in [2.05, 4.69) is 0 Å². The molecule has 0 saturated heterocycles. The molecule has 0 bridgehead atoms. The number of halogens is 1. The molecule has 0 aliphatic carbocycles. The fourth-order valence-electron chi connectivity index (χ4n) is 1.93. The normalized spacial score (nSPS) is 10.8. The smallest absolute Gasteiger partial charge is 0.203 e. The third-order valence-corrected chi connectivity index (χ3v) is 3.06. The summed E-state index contributed by atoms with van der Waals surface area (Å²) in [6.45, 7) is 3.93. The van der Waals surface area contributed by atoms with Crippen LogP contribution in [0.25, 0.3) is 5.69 Å². The topological polar surface area (TPSA) is 45.4 Å². The van der Waals surface area contributed by atoms with Gasteiger partial charge in [0.25, 0.3) is 0 Å². The first-order valence-electron chi connectivity index (χ1n) is 5.30. The van der Waals surface area contributed by atoms with E-state index in [0.717, 1.165) is 16.8 Å². The third kappa shape index (κ3) is 1.98. The monoisotopic (exact) mass is 251 g/mol. The van der Waals surface area contributed by atoms with E-state index < -0.39 is 0 Å². The summed E-state index contributed by atoms with van der Waals surface area (Å²) in [4.78, 5) is 0. The highest BCUT2D eigenvalue weighted by Gasteiger charge is 2.15. The molecule has 1 aromatic heterocycles. The molecule has 2 rings (SSSR count). The molecule has 0 amide bonds. The number of alkyl halides is 1. The zero-order valence-electron chi connectivity index (χ0n) is 9.74. The van der Waals surface area contributed by atoms with E-state index in [1.165, 1.54) is 10.6 Å². The molecule has 0 aliphatic heterocycles. The number of hydrogen-bond donors (Lipinski definition) is 2. The molecule has 0 spiro atoms. The molecule has 3 nitrogen and oxygen atoms in total. The Morgan fingerprint density at radius 2 is 1.88 bits per heavy atom. The molecule has 2 N–H and O–H groups in total. The minimum Gasteiger partial charge on any atom is -0.494 e. The highest BCUT2D eigenvalue weighted by molar-refractivity contribution is 6.17. The summed E-state index contributed by atoms with van der Waals surface area (Å²) in [6.07, 6.45) is 0. The van der Waals surface area contributed by atoms with Gasteiger partial charge in [-0.05, 0) is 25.5 Å². The number of aromatic nitrogens is 1. The van der Waals surface area contributed by atoms with Crippen molar-refractivity contribution in [3.8, 4) is 17.4 Å². The molecule has 0 unspecified atom stereocenters. The van der Waals surface area contributed by atoms with Crippen LogP contribution < -0.4 is 0 Å². The highest BCUT2D eigenvalue weighted by atomic mass is 35.5. The number of nitrogens with zero attached hydrogens (tertiary/aromatic N) is 1. The van der Waals surface area contributed by atoms with Crippen LogP contribution in [-0.4, -0.2) is 14.8 Å². The Balaban J connectivity index is 2.64. The van der Waals surface area contributed by atoms with Gasteiger partial charge in [0.1, 0.15) is 0 Å². The second kappa shape index (κ2) is 4.34. The summed E-state index contributed by atoms with van der Waals surface area (Å²) in [5.74, 6) is 0.145. The molecule has 0 atom stereocenters. The van der Waals surface area contributed by atoms with E-state index in [-0.39, 0.29) is 17.6 Å². The number of aromatic hydroxyl groups is 2. The minimum absolute atomic E-state index is 0.00916. The van der Waals surface area contributed by atoms with Crippen molar-refractivity contribution in [2.45, 2.75) is 19.7 Å². The Labute approximate surface area is 105 Å². The van der Waals surface area contributed by atoms with Gasteiger partial charge in [-0.15, -0.1) is 11.6 Å². The molecular weight excluding hydrogens is 238 g/mol. The summed E-state index contributed by atoms with van der Waals surface area (Å²) >= 11 is 5.69. The van der Waals surface area contributed by atoms with Gasteiger partial charge in [0.05, 0.1) is 11.6 Å². The Hall–Kier alpha value is -1.61. The Bertz CT molecular complexity index is 561. The minimum atomic E-state index is -0.00977. The summed E-state index contributed by atoms with van der Waals surface area (Å²) in [6, 6.07) is 7.26. The molecule has 0 saturated carbocycles. The van der Waals surface area contributed by atoms with Crippen LogP contribution in [0.1, 0.15) is 16.7 Å². The second-order valence-corrected chi connectivity index (χ2v) is 4.38. The molecule has 0 fully saturated rings. The number of benzene rings is 1. The lowest BCUT2D eigenvalue weighted by molar-refractivity contribution is 0.401. The van der Waals surface area contributed by atoms with Gasteiger partial charge in [-0.3, -0.25) is 4.57 Å². The molecule has 90 valence electrons. The van der Waals surface area contributed by atoms with E-state index in [9.17, 15) is 10.2 Å². The van der Waals surface area contributed by atoms with Crippen LogP contribution in [0.4, 0.5) is 0 Å². The van der Waals surface area contributed by atoms with E-state index >= 15 is 0 Å². The van der Waals surface area contributed by atoms with Gasteiger partial charge in [-0.25, -0.2) is 0 Å². The van der Waals surface area contributed by atoms with Crippen molar-refractivity contribution in [1.29, 1.82) is 0 Å². The van der Waals surface area contributed by atoms with E-state index in [0.29, 0.717) is 5.56 Å². The van der Waals surface area contributed by atoms with E-state index in [1.807, 2.05) is 32.0 Å². The van der Waals surface area contributed by atoms with Crippen LogP contribution in [0.2, 0.25) is 0 Å². The van der Waals surface area contributed by atoms with Gasteiger partial charge >= 0.3 is 0 Å². The van der Waals surface area contributed by atoms with Crippen molar-refractivity contribution in [3.63, 3.8) is 0 Å². The fraction of sp³-hybridized carbons (Fsp3) is 0.231. The summed E-state index contributed by atoms with van der Waals surface area (Å²) in [5, 5.41) is 19.8. The first-order valence-corrected chi connectivity index (χ1v) is 5.84. The van der Waals surface area contributed by atoms with Crippen molar-refractivity contribution in [2.24, 2.45) is 0 Å². The Morgan fingerprint density at radius 1 is 1.18 bits per heavy atom. The van der Waals surface area contributed by atoms with Crippen molar-refractivity contribution in [1.82, 2.24) is 4.57 Å². The van der Waals surface area contributed by atoms with E-state index in [1.54, 1.807) is 0 Å². The van der Waals surface area contributed by atoms with Gasteiger partial charge in [-0.1, -0.05) is 17.7 Å². The molecule has 1 heterocycles. The first-order chi connectivity index (χ1) is 8.04. The average Bonchev–Trinajstić information content (AvgIpc) is 2.55. The maximum absolute atomic E-state index is 9.98. The van der Waals surface area contributed by atoms with Crippen LogP contribution in [0.5, 0.6) is 11.8 Å². The number of rotatable bonds is 2. The molecular formula is C13H14ClNO2. The molecule has 1 aromatic carbocycles. The van der Waals surface area contributed by atoms with Gasteiger partial charge in [-0.2, -0.15) is 0 Å². The summed E-state index contributed by atoms with van der Waals surface area (Å²) in [5.41, 5.74) is 3.38. The Kier molecular flexibility index (Phi) is 3.03. The predicted molar refractivity (Wildman–Crippen MR) is 68.1 cm³/mol. The second-order valence-electron chi connectivity index (χ2n) is 4.11. The lowest BCUT2D eigenvalue weighted by Crippen LogP contribution is -1.96. The molecule has 4 heteroatoms. The number of aryl methyl sites for hydroxylation is 2. The van der Waals surface area contributed by atoms with Crippen LogP contribution in [0.15, 0.2) is 24.3 Å². The lowest BCUT2D eigenvalue weighted by atomic mass is 10.1.